The molecule has 260 valence electrons. The molecule has 0 unspecified atom stereocenters. The standard InChI is InChI=1S/C54H41B/c1-53(2)46-25-13-15-27-50(46)55-51-28-16-14-26-47(51)54(3,4)49-33-35(32-48(53)52(49)55)37-18-6-8-20-39(37)38-19-7-5-17-36(38)34-29-30-44-42-23-10-9-21-40(42)41-22-11-12-24-43(41)45(44)31-34/h5-33H,1-4H3. The van der Waals surface area contributed by atoms with E-state index in [2.05, 4.69) is 204 Å². The highest BCUT2D eigenvalue weighted by atomic mass is 14.4. The van der Waals surface area contributed by atoms with Crippen molar-refractivity contribution in [2.24, 2.45) is 0 Å². The Balaban J connectivity index is 1.14. The summed E-state index contributed by atoms with van der Waals surface area (Å²) in [7, 11) is 0. The minimum atomic E-state index is -0.152. The fraction of sp³-hybridized carbons (Fsp3) is 0.111. The molecule has 0 N–H and O–H groups in total. The van der Waals surface area contributed by atoms with Crippen LogP contribution in [0, 0.1) is 0 Å². The Labute approximate surface area is 324 Å². The average molecular weight is 701 g/mol. The van der Waals surface area contributed by atoms with E-state index in [0.29, 0.717) is 0 Å². The number of hydrogen-bond donors (Lipinski definition) is 0. The van der Waals surface area contributed by atoms with Crippen molar-refractivity contribution < 1.29 is 0 Å². The molecule has 0 fully saturated rings. The van der Waals surface area contributed by atoms with Crippen LogP contribution in [0.5, 0.6) is 0 Å². The molecule has 2 aliphatic rings. The van der Waals surface area contributed by atoms with E-state index < -0.39 is 0 Å². The van der Waals surface area contributed by atoms with Crippen LogP contribution in [-0.2, 0) is 10.8 Å². The van der Waals surface area contributed by atoms with Crippen LogP contribution in [0.15, 0.2) is 176 Å². The summed E-state index contributed by atoms with van der Waals surface area (Å²) < 4.78 is 0. The van der Waals surface area contributed by atoms with Crippen molar-refractivity contribution in [3.05, 3.63) is 198 Å². The molecule has 0 radical (unpaired) electrons. The first-order valence-electron chi connectivity index (χ1n) is 19.7. The molecule has 0 aromatic heterocycles. The topological polar surface area (TPSA) is 0 Å². The van der Waals surface area contributed by atoms with Gasteiger partial charge in [-0.2, -0.15) is 0 Å². The SMILES string of the molecule is CC1(C)c2ccccc2B2c3ccccc3C(C)(C)c3cc(-c4ccccc4-c4ccccc4-c4ccc5c6ccccc6c6ccccc6c5c4)cc1c32. The lowest BCUT2D eigenvalue weighted by atomic mass is 9.27. The van der Waals surface area contributed by atoms with Crippen molar-refractivity contribution in [1.82, 2.24) is 0 Å². The summed E-state index contributed by atoms with van der Waals surface area (Å²) in [5.41, 5.74) is 17.4. The van der Waals surface area contributed by atoms with Gasteiger partial charge in [0.15, 0.2) is 0 Å². The number of hydrogen-bond acceptors (Lipinski definition) is 0. The van der Waals surface area contributed by atoms with Gasteiger partial charge in [-0.05, 0) is 94.0 Å². The quantitative estimate of drug-likeness (QED) is 0.127. The molecule has 0 nitrogen and oxygen atoms in total. The Morgan fingerprint density at radius 2 is 0.691 bits per heavy atom. The third kappa shape index (κ3) is 4.53. The number of benzene rings is 9. The van der Waals surface area contributed by atoms with Gasteiger partial charge in [-0.3, -0.25) is 0 Å². The predicted molar refractivity (Wildman–Crippen MR) is 237 cm³/mol. The first kappa shape index (κ1) is 32.3. The Morgan fingerprint density at radius 1 is 0.309 bits per heavy atom. The molecule has 9 aromatic rings. The van der Waals surface area contributed by atoms with Gasteiger partial charge in [0.1, 0.15) is 0 Å². The molecule has 0 saturated carbocycles. The zero-order chi connectivity index (χ0) is 37.1. The normalized spacial score (nSPS) is 14.8. The van der Waals surface area contributed by atoms with Crippen LogP contribution in [0.1, 0.15) is 49.9 Å². The smallest absolute Gasteiger partial charge is 0.0667 e. The van der Waals surface area contributed by atoms with E-state index in [1.807, 2.05) is 0 Å². The molecule has 0 amide bonds. The second kappa shape index (κ2) is 11.7. The Morgan fingerprint density at radius 3 is 1.20 bits per heavy atom. The zero-order valence-electron chi connectivity index (χ0n) is 31.8. The van der Waals surface area contributed by atoms with Crippen LogP contribution < -0.4 is 16.4 Å². The Hall–Kier alpha value is -6.18. The highest BCUT2D eigenvalue weighted by molar-refractivity contribution is 6.97. The molecular formula is C54H41B. The van der Waals surface area contributed by atoms with E-state index >= 15 is 0 Å². The summed E-state index contributed by atoms with van der Waals surface area (Å²) in [4.78, 5) is 0. The van der Waals surface area contributed by atoms with Crippen molar-refractivity contribution in [2.45, 2.75) is 38.5 Å². The zero-order valence-corrected chi connectivity index (χ0v) is 31.8. The molecule has 1 heteroatoms. The van der Waals surface area contributed by atoms with Gasteiger partial charge >= 0.3 is 0 Å². The monoisotopic (exact) mass is 700 g/mol. The molecule has 55 heavy (non-hydrogen) atoms. The average Bonchev–Trinajstić information content (AvgIpc) is 3.23. The third-order valence-corrected chi connectivity index (χ3v) is 13.2. The molecule has 0 saturated heterocycles. The summed E-state index contributed by atoms with van der Waals surface area (Å²) in [6.45, 7) is 9.96. The third-order valence-electron chi connectivity index (χ3n) is 13.2. The first-order chi connectivity index (χ1) is 26.8. The first-order valence-corrected chi connectivity index (χ1v) is 19.7. The fourth-order valence-corrected chi connectivity index (χ4v) is 10.6. The maximum atomic E-state index is 2.54. The lowest BCUT2D eigenvalue weighted by Crippen LogP contribution is -2.66. The van der Waals surface area contributed by atoms with Crippen LogP contribution in [0.25, 0.3) is 65.7 Å². The summed E-state index contributed by atoms with van der Waals surface area (Å²) >= 11 is 0. The van der Waals surface area contributed by atoms with Crippen molar-refractivity contribution in [2.75, 3.05) is 0 Å². The highest BCUT2D eigenvalue weighted by Crippen LogP contribution is 2.46. The van der Waals surface area contributed by atoms with Crippen LogP contribution in [0.2, 0.25) is 0 Å². The molecule has 2 heterocycles. The van der Waals surface area contributed by atoms with E-state index in [4.69, 9.17) is 0 Å². The molecule has 0 atom stereocenters. The predicted octanol–water partition coefficient (Wildman–Crippen LogP) is 11.9. The Kier molecular flexibility index (Phi) is 6.84. The maximum Gasteiger partial charge on any atom is 0.242 e. The van der Waals surface area contributed by atoms with Gasteiger partial charge in [0, 0.05) is 10.8 Å². The van der Waals surface area contributed by atoms with Crippen molar-refractivity contribution >= 4 is 55.4 Å². The highest BCUT2D eigenvalue weighted by Gasteiger charge is 2.48. The van der Waals surface area contributed by atoms with Gasteiger partial charge in [0.2, 0.25) is 6.71 Å². The largest absolute Gasteiger partial charge is 0.242 e. The second-order valence-corrected chi connectivity index (χ2v) is 16.8. The molecule has 0 bridgehead atoms. The van der Waals surface area contributed by atoms with Gasteiger partial charge in [-0.1, -0.05) is 214 Å². The minimum Gasteiger partial charge on any atom is -0.0667 e. The molecule has 11 rings (SSSR count). The summed E-state index contributed by atoms with van der Waals surface area (Å²) in [6, 6.07) is 66.3. The van der Waals surface area contributed by atoms with Crippen molar-refractivity contribution in [3.63, 3.8) is 0 Å². The molecule has 9 aromatic carbocycles. The van der Waals surface area contributed by atoms with E-state index in [0.717, 1.165) is 0 Å². The molecule has 0 spiro atoms. The van der Waals surface area contributed by atoms with E-state index in [9.17, 15) is 0 Å². The van der Waals surface area contributed by atoms with Crippen LogP contribution in [0.3, 0.4) is 0 Å². The number of fused-ring (bicyclic) bond motifs is 10. The van der Waals surface area contributed by atoms with Gasteiger partial charge in [0.05, 0.1) is 0 Å². The van der Waals surface area contributed by atoms with Crippen molar-refractivity contribution in [1.29, 1.82) is 0 Å². The lowest BCUT2D eigenvalue weighted by molar-refractivity contribution is 0.622. The fourth-order valence-electron chi connectivity index (χ4n) is 10.6. The lowest BCUT2D eigenvalue weighted by Gasteiger charge is -2.47. The van der Waals surface area contributed by atoms with Crippen LogP contribution in [0.4, 0.5) is 0 Å². The van der Waals surface area contributed by atoms with Gasteiger partial charge < -0.3 is 0 Å². The van der Waals surface area contributed by atoms with Crippen molar-refractivity contribution in [3.8, 4) is 33.4 Å². The summed E-state index contributed by atoms with van der Waals surface area (Å²) in [5.74, 6) is 0. The van der Waals surface area contributed by atoms with E-state index in [1.54, 1.807) is 0 Å². The minimum absolute atomic E-state index is 0.152. The van der Waals surface area contributed by atoms with Gasteiger partial charge in [-0.25, -0.2) is 0 Å². The van der Waals surface area contributed by atoms with Crippen LogP contribution in [-0.4, -0.2) is 6.71 Å². The second-order valence-electron chi connectivity index (χ2n) is 16.8. The molecule has 0 aliphatic carbocycles. The van der Waals surface area contributed by atoms with E-state index in [-0.39, 0.29) is 17.5 Å². The number of rotatable bonds is 3. The van der Waals surface area contributed by atoms with Gasteiger partial charge in [0.25, 0.3) is 0 Å². The molecule has 2 aliphatic heterocycles. The van der Waals surface area contributed by atoms with Gasteiger partial charge in [-0.15, -0.1) is 0 Å². The Bertz CT molecular complexity index is 2940. The summed E-state index contributed by atoms with van der Waals surface area (Å²) in [6.07, 6.45) is 0. The molecular weight excluding hydrogens is 659 g/mol. The van der Waals surface area contributed by atoms with Crippen LogP contribution >= 0.6 is 0 Å². The summed E-state index contributed by atoms with van der Waals surface area (Å²) in [5, 5.41) is 7.80. The van der Waals surface area contributed by atoms with E-state index in [1.165, 1.54) is 104 Å². The maximum absolute atomic E-state index is 2.54.